The fourth-order valence-corrected chi connectivity index (χ4v) is 3.20. The van der Waals surface area contributed by atoms with E-state index in [2.05, 4.69) is 4.90 Å². The van der Waals surface area contributed by atoms with Gasteiger partial charge >= 0.3 is 0 Å². The molecule has 2 atom stereocenters. The smallest absolute Gasteiger partial charge is 0.0695 e. The molecule has 0 radical (unpaired) electrons. The Kier molecular flexibility index (Phi) is 4.62. The molecule has 2 fully saturated rings. The molecule has 3 heteroatoms. The van der Waals surface area contributed by atoms with Crippen LogP contribution in [0.25, 0.3) is 0 Å². The third-order valence-electron chi connectivity index (χ3n) is 4.21. The summed E-state index contributed by atoms with van der Waals surface area (Å²) in [5.41, 5.74) is 0. The quantitative estimate of drug-likeness (QED) is 0.795. The van der Waals surface area contributed by atoms with Gasteiger partial charge < -0.3 is 9.84 Å². The summed E-state index contributed by atoms with van der Waals surface area (Å²) in [7, 11) is 1.79. The van der Waals surface area contributed by atoms with Gasteiger partial charge in [-0.3, -0.25) is 4.90 Å². The number of methoxy groups -OCH3 is 1. The van der Waals surface area contributed by atoms with Crippen LogP contribution < -0.4 is 0 Å². The number of aliphatic hydroxyl groups is 1. The molecule has 0 spiro atoms. The van der Waals surface area contributed by atoms with Gasteiger partial charge in [0.25, 0.3) is 0 Å². The summed E-state index contributed by atoms with van der Waals surface area (Å²) in [5, 5.41) is 10.0. The maximum absolute atomic E-state index is 10.0. The zero-order valence-electron chi connectivity index (χ0n) is 10.4. The first-order valence-electron chi connectivity index (χ1n) is 6.72. The summed E-state index contributed by atoms with van der Waals surface area (Å²) in [6, 6.07) is 0.442. The van der Waals surface area contributed by atoms with Crippen LogP contribution in [0.2, 0.25) is 0 Å². The molecule has 0 aromatic carbocycles. The molecule has 0 aromatic heterocycles. The molecular formula is C13H25NO2. The van der Waals surface area contributed by atoms with Crippen molar-refractivity contribution in [3.05, 3.63) is 0 Å². The van der Waals surface area contributed by atoms with Crippen molar-refractivity contribution in [1.82, 2.24) is 4.90 Å². The molecule has 0 amide bonds. The van der Waals surface area contributed by atoms with Crippen LogP contribution >= 0.6 is 0 Å². The monoisotopic (exact) mass is 227 g/mol. The van der Waals surface area contributed by atoms with Crippen LogP contribution in [-0.2, 0) is 4.74 Å². The third-order valence-corrected chi connectivity index (χ3v) is 4.21. The number of hydrogen-bond acceptors (Lipinski definition) is 3. The van der Waals surface area contributed by atoms with Crippen LogP contribution in [0.5, 0.6) is 0 Å². The van der Waals surface area contributed by atoms with Crippen LogP contribution in [0.1, 0.15) is 38.5 Å². The molecule has 16 heavy (non-hydrogen) atoms. The number of ether oxygens (including phenoxy) is 1. The summed E-state index contributed by atoms with van der Waals surface area (Å²) in [6.07, 6.45) is 7.08. The van der Waals surface area contributed by atoms with Crippen molar-refractivity contribution >= 4 is 0 Å². The fraction of sp³-hybridized carbons (Fsp3) is 1.00. The van der Waals surface area contributed by atoms with Gasteiger partial charge in [-0.15, -0.1) is 0 Å². The second kappa shape index (κ2) is 5.99. The summed E-state index contributed by atoms with van der Waals surface area (Å²) >= 11 is 0. The highest BCUT2D eigenvalue weighted by Gasteiger charge is 2.31. The van der Waals surface area contributed by atoms with E-state index in [1.807, 2.05) is 0 Å². The Bertz CT molecular complexity index is 202. The van der Waals surface area contributed by atoms with E-state index in [0.717, 1.165) is 32.0 Å². The lowest BCUT2D eigenvalue weighted by Crippen LogP contribution is -2.49. The van der Waals surface area contributed by atoms with Gasteiger partial charge in [0.05, 0.1) is 6.10 Å². The minimum Gasteiger partial charge on any atom is -0.391 e. The highest BCUT2D eigenvalue weighted by molar-refractivity contribution is 4.85. The lowest BCUT2D eigenvalue weighted by atomic mass is 9.88. The Morgan fingerprint density at radius 1 is 1.12 bits per heavy atom. The van der Waals surface area contributed by atoms with E-state index in [4.69, 9.17) is 4.74 Å². The lowest BCUT2D eigenvalue weighted by Gasteiger charge is -2.41. The number of likely N-dealkylation sites (tertiary alicyclic amines) is 1. The maximum atomic E-state index is 10.0. The minimum atomic E-state index is -0.0762. The SMILES string of the molecule is COCC1CCN(C2CCCCC2O)CC1. The topological polar surface area (TPSA) is 32.7 Å². The van der Waals surface area contributed by atoms with Crippen molar-refractivity contribution in [2.24, 2.45) is 5.92 Å². The number of rotatable bonds is 3. The molecule has 2 aliphatic rings. The van der Waals surface area contributed by atoms with Gasteiger partial charge in [0.2, 0.25) is 0 Å². The van der Waals surface area contributed by atoms with Crippen molar-refractivity contribution in [3.8, 4) is 0 Å². The zero-order chi connectivity index (χ0) is 11.4. The number of nitrogens with zero attached hydrogens (tertiary/aromatic N) is 1. The van der Waals surface area contributed by atoms with Crippen LogP contribution in [0.3, 0.4) is 0 Å². The standard InChI is InChI=1S/C13H25NO2/c1-16-10-11-6-8-14(9-7-11)12-4-2-3-5-13(12)15/h11-13,15H,2-10H2,1H3. The van der Waals surface area contributed by atoms with E-state index < -0.39 is 0 Å². The van der Waals surface area contributed by atoms with Crippen LogP contribution in [-0.4, -0.2) is 49.0 Å². The highest BCUT2D eigenvalue weighted by atomic mass is 16.5. The molecule has 2 rings (SSSR count). The van der Waals surface area contributed by atoms with Gasteiger partial charge in [0.15, 0.2) is 0 Å². The minimum absolute atomic E-state index is 0.0762. The van der Waals surface area contributed by atoms with Crippen molar-refractivity contribution in [2.75, 3.05) is 26.8 Å². The molecule has 1 aliphatic heterocycles. The van der Waals surface area contributed by atoms with Crippen LogP contribution in [0.4, 0.5) is 0 Å². The van der Waals surface area contributed by atoms with Gasteiger partial charge in [-0.05, 0) is 44.7 Å². The van der Waals surface area contributed by atoms with Crippen molar-refractivity contribution < 1.29 is 9.84 Å². The molecule has 3 nitrogen and oxygen atoms in total. The van der Waals surface area contributed by atoms with Crippen molar-refractivity contribution in [1.29, 1.82) is 0 Å². The second-order valence-electron chi connectivity index (χ2n) is 5.35. The molecule has 0 bridgehead atoms. The summed E-state index contributed by atoms with van der Waals surface area (Å²) in [6.45, 7) is 3.20. The van der Waals surface area contributed by atoms with E-state index >= 15 is 0 Å². The predicted octanol–water partition coefficient (Wildman–Crippen LogP) is 1.65. The molecule has 2 unspecified atom stereocenters. The van der Waals surface area contributed by atoms with Crippen LogP contribution in [0, 0.1) is 5.92 Å². The number of piperidine rings is 1. The van der Waals surface area contributed by atoms with Gasteiger partial charge in [-0.25, -0.2) is 0 Å². The molecular weight excluding hydrogens is 202 g/mol. The maximum Gasteiger partial charge on any atom is 0.0695 e. The van der Waals surface area contributed by atoms with E-state index in [-0.39, 0.29) is 6.10 Å². The van der Waals surface area contributed by atoms with E-state index in [0.29, 0.717) is 6.04 Å². The summed E-state index contributed by atoms with van der Waals surface area (Å²) in [4.78, 5) is 2.51. The first kappa shape index (κ1) is 12.3. The Hall–Kier alpha value is -0.120. The Morgan fingerprint density at radius 2 is 1.81 bits per heavy atom. The van der Waals surface area contributed by atoms with Gasteiger partial charge in [-0.1, -0.05) is 12.8 Å². The van der Waals surface area contributed by atoms with Crippen molar-refractivity contribution in [3.63, 3.8) is 0 Å². The highest BCUT2D eigenvalue weighted by Crippen LogP contribution is 2.27. The molecule has 1 aliphatic carbocycles. The van der Waals surface area contributed by atoms with E-state index in [9.17, 15) is 5.11 Å². The first-order valence-corrected chi connectivity index (χ1v) is 6.72. The Balaban J connectivity index is 1.79. The molecule has 1 saturated heterocycles. The van der Waals surface area contributed by atoms with Gasteiger partial charge in [-0.2, -0.15) is 0 Å². The molecule has 94 valence electrons. The van der Waals surface area contributed by atoms with E-state index in [1.165, 1.54) is 32.1 Å². The van der Waals surface area contributed by atoms with Crippen molar-refractivity contribution in [2.45, 2.75) is 50.7 Å². The van der Waals surface area contributed by atoms with Gasteiger partial charge in [0, 0.05) is 19.8 Å². The number of hydrogen-bond donors (Lipinski definition) is 1. The van der Waals surface area contributed by atoms with Crippen LogP contribution in [0.15, 0.2) is 0 Å². The molecule has 0 aromatic rings. The van der Waals surface area contributed by atoms with Gasteiger partial charge in [0.1, 0.15) is 0 Å². The van der Waals surface area contributed by atoms with E-state index in [1.54, 1.807) is 7.11 Å². The average molecular weight is 227 g/mol. The summed E-state index contributed by atoms with van der Waals surface area (Å²) < 4.78 is 5.22. The molecule has 1 N–H and O–H groups in total. The molecule has 1 saturated carbocycles. The molecule has 1 heterocycles. The first-order chi connectivity index (χ1) is 7.81. The normalized spacial score (nSPS) is 34.1. The second-order valence-corrected chi connectivity index (χ2v) is 5.35. The lowest BCUT2D eigenvalue weighted by molar-refractivity contribution is -0.00313. The largest absolute Gasteiger partial charge is 0.391 e. The Labute approximate surface area is 98.8 Å². The zero-order valence-corrected chi connectivity index (χ0v) is 10.4. The summed E-state index contributed by atoms with van der Waals surface area (Å²) in [5.74, 6) is 0.738. The number of aliphatic hydroxyl groups excluding tert-OH is 1. The third kappa shape index (κ3) is 2.96. The average Bonchev–Trinajstić information content (AvgIpc) is 2.31. The Morgan fingerprint density at radius 3 is 2.44 bits per heavy atom. The fourth-order valence-electron chi connectivity index (χ4n) is 3.20. The predicted molar refractivity (Wildman–Crippen MR) is 64.4 cm³/mol.